The van der Waals surface area contributed by atoms with Gasteiger partial charge in [0.1, 0.15) is 0 Å². The topological polar surface area (TPSA) is 4.93 Å². The van der Waals surface area contributed by atoms with Crippen LogP contribution in [0.1, 0.15) is 59.6 Å². The smallest absolute Gasteiger partial charge is 0.0485 e. The summed E-state index contributed by atoms with van der Waals surface area (Å²) in [5, 5.41) is 1.38. The van der Waals surface area contributed by atoms with Gasteiger partial charge in [-0.3, -0.25) is 0 Å². The van der Waals surface area contributed by atoms with E-state index in [1.54, 1.807) is 0 Å². The Morgan fingerprint density at radius 1 is 1.00 bits per heavy atom. The summed E-state index contributed by atoms with van der Waals surface area (Å²) in [6.45, 7) is 16.3. The molecule has 0 fully saturated rings. The lowest BCUT2D eigenvalue weighted by Crippen LogP contribution is -2.28. The van der Waals surface area contributed by atoms with Gasteiger partial charge in [0.05, 0.1) is 0 Å². The van der Waals surface area contributed by atoms with Crippen molar-refractivity contribution < 1.29 is 0 Å². The number of hydrogen-bond donors (Lipinski definition) is 0. The van der Waals surface area contributed by atoms with E-state index in [0.717, 1.165) is 0 Å². The molecule has 1 nitrogen and oxygen atoms in total. The lowest BCUT2D eigenvalue weighted by atomic mass is 9.76. The van der Waals surface area contributed by atoms with Crippen molar-refractivity contribution in [3.8, 4) is 0 Å². The second-order valence-corrected chi connectivity index (χ2v) is 8.38. The molecule has 20 heavy (non-hydrogen) atoms. The molecule has 2 rings (SSSR count). The van der Waals surface area contributed by atoms with Gasteiger partial charge in [-0.25, -0.2) is 0 Å². The van der Waals surface area contributed by atoms with Crippen LogP contribution < -0.4 is 0 Å². The molecule has 0 spiro atoms. The summed E-state index contributed by atoms with van der Waals surface area (Å²) >= 11 is 0. The van der Waals surface area contributed by atoms with Crippen LogP contribution in [0.5, 0.6) is 0 Å². The van der Waals surface area contributed by atoms with Crippen LogP contribution in [0.2, 0.25) is 0 Å². The number of nitrogens with zero attached hydrogens (tertiary/aromatic N) is 1. The van der Waals surface area contributed by atoms with Crippen molar-refractivity contribution >= 4 is 10.9 Å². The van der Waals surface area contributed by atoms with Gasteiger partial charge in [0.2, 0.25) is 0 Å². The number of fused-ring (bicyclic) bond motifs is 1. The highest BCUT2D eigenvalue weighted by Gasteiger charge is 2.31. The van der Waals surface area contributed by atoms with E-state index in [1.807, 2.05) is 0 Å². The Bertz CT molecular complexity index is 590. The Hall–Kier alpha value is -1.24. The van der Waals surface area contributed by atoms with E-state index in [-0.39, 0.29) is 5.41 Å². The summed E-state index contributed by atoms with van der Waals surface area (Å²) in [5.41, 5.74) is 3.33. The zero-order chi connectivity index (χ0) is 15.1. The van der Waals surface area contributed by atoms with Crippen LogP contribution in [0.25, 0.3) is 10.9 Å². The first-order valence-electron chi connectivity index (χ1n) is 7.66. The molecular formula is C19H29N. The Labute approximate surface area is 124 Å². The minimum Gasteiger partial charge on any atom is -0.344 e. The Balaban J connectivity index is 2.57. The number of hydrogen-bond acceptors (Lipinski definition) is 0. The predicted octanol–water partition coefficient (Wildman–Crippen LogP) is 5.97. The fourth-order valence-electron chi connectivity index (χ4n) is 3.04. The third kappa shape index (κ3) is 3.08. The number of aryl methyl sites for hydroxylation is 1. The fourth-order valence-corrected chi connectivity index (χ4v) is 3.04. The number of para-hydroxylation sites is 1. The summed E-state index contributed by atoms with van der Waals surface area (Å²) in [6, 6.07) is 9.29. The van der Waals surface area contributed by atoms with Crippen LogP contribution >= 0.6 is 0 Å². The van der Waals surface area contributed by atoms with E-state index in [2.05, 4.69) is 83.5 Å². The monoisotopic (exact) mass is 271 g/mol. The van der Waals surface area contributed by atoms with Gasteiger partial charge in [-0.1, -0.05) is 59.7 Å². The van der Waals surface area contributed by atoms with Crippen molar-refractivity contribution in [1.82, 2.24) is 4.57 Å². The Morgan fingerprint density at radius 2 is 1.60 bits per heavy atom. The van der Waals surface area contributed by atoms with Crippen molar-refractivity contribution in [3.63, 3.8) is 0 Å². The normalized spacial score (nSPS) is 14.8. The molecule has 0 aliphatic rings. The Morgan fingerprint density at radius 3 is 2.15 bits per heavy atom. The molecule has 0 aliphatic heterocycles. The van der Waals surface area contributed by atoms with Crippen molar-refractivity contribution in [2.24, 2.45) is 10.8 Å². The molecule has 110 valence electrons. The zero-order valence-corrected chi connectivity index (χ0v) is 14.1. The third-order valence-corrected chi connectivity index (χ3v) is 4.08. The molecule has 1 heteroatoms. The van der Waals surface area contributed by atoms with E-state index >= 15 is 0 Å². The van der Waals surface area contributed by atoms with Crippen LogP contribution in [0, 0.1) is 17.8 Å². The highest BCUT2D eigenvalue weighted by atomic mass is 15.0. The van der Waals surface area contributed by atoms with E-state index in [1.165, 1.54) is 22.9 Å². The van der Waals surface area contributed by atoms with Crippen LogP contribution in [-0.4, -0.2) is 4.57 Å². The summed E-state index contributed by atoms with van der Waals surface area (Å²) in [6.07, 6.45) is 3.53. The Kier molecular flexibility index (Phi) is 3.75. The highest BCUT2D eigenvalue weighted by molar-refractivity contribution is 5.83. The van der Waals surface area contributed by atoms with Gasteiger partial charge in [-0.2, -0.15) is 0 Å². The largest absolute Gasteiger partial charge is 0.344 e. The lowest BCUT2D eigenvalue weighted by molar-refractivity contribution is 0.174. The zero-order valence-electron chi connectivity index (χ0n) is 14.1. The van der Waals surface area contributed by atoms with Gasteiger partial charge in [0, 0.05) is 23.1 Å². The van der Waals surface area contributed by atoms with Crippen LogP contribution in [-0.2, 0) is 0 Å². The van der Waals surface area contributed by atoms with Gasteiger partial charge in [-0.05, 0) is 35.8 Å². The molecule has 1 aromatic heterocycles. The molecule has 1 heterocycles. The van der Waals surface area contributed by atoms with Gasteiger partial charge in [-0.15, -0.1) is 0 Å². The fraction of sp³-hybridized carbons (Fsp3) is 0.579. The third-order valence-electron chi connectivity index (χ3n) is 4.08. The SMILES string of the molecule is Cc1cn(C(CC(C)(C)C)C(C)(C)C)c2ccccc12. The van der Waals surface area contributed by atoms with Crippen molar-refractivity contribution in [1.29, 1.82) is 0 Å². The summed E-state index contributed by atoms with van der Waals surface area (Å²) in [7, 11) is 0. The molecule has 1 atom stereocenters. The predicted molar refractivity (Wildman–Crippen MR) is 89.2 cm³/mol. The van der Waals surface area contributed by atoms with Crippen molar-refractivity contribution in [2.75, 3.05) is 0 Å². The number of aromatic nitrogens is 1. The molecule has 0 N–H and O–H groups in total. The molecule has 0 aliphatic carbocycles. The van der Waals surface area contributed by atoms with Crippen LogP contribution in [0.3, 0.4) is 0 Å². The molecule has 0 saturated heterocycles. The van der Waals surface area contributed by atoms with E-state index < -0.39 is 0 Å². The first-order valence-corrected chi connectivity index (χ1v) is 7.66. The molecule has 1 unspecified atom stereocenters. The average Bonchev–Trinajstić information content (AvgIpc) is 2.62. The standard InChI is InChI=1S/C19H29N/c1-14-13-20(16-11-9-8-10-15(14)16)17(19(5,6)7)12-18(2,3)4/h8-11,13,17H,12H2,1-7H3. The lowest BCUT2D eigenvalue weighted by Gasteiger charge is -2.37. The van der Waals surface area contributed by atoms with E-state index in [0.29, 0.717) is 11.5 Å². The van der Waals surface area contributed by atoms with E-state index in [4.69, 9.17) is 0 Å². The van der Waals surface area contributed by atoms with Crippen molar-refractivity contribution in [3.05, 3.63) is 36.0 Å². The quantitative estimate of drug-likeness (QED) is 0.634. The molecule has 1 aromatic carbocycles. The average molecular weight is 271 g/mol. The maximum Gasteiger partial charge on any atom is 0.0485 e. The second-order valence-electron chi connectivity index (χ2n) is 8.38. The van der Waals surface area contributed by atoms with Gasteiger partial charge in [0.15, 0.2) is 0 Å². The van der Waals surface area contributed by atoms with Crippen LogP contribution in [0.4, 0.5) is 0 Å². The summed E-state index contributed by atoms with van der Waals surface area (Å²) < 4.78 is 2.51. The summed E-state index contributed by atoms with van der Waals surface area (Å²) in [5.74, 6) is 0. The second kappa shape index (κ2) is 4.95. The van der Waals surface area contributed by atoms with Gasteiger partial charge >= 0.3 is 0 Å². The van der Waals surface area contributed by atoms with Gasteiger partial charge in [0.25, 0.3) is 0 Å². The molecule has 0 radical (unpaired) electrons. The van der Waals surface area contributed by atoms with Crippen LogP contribution in [0.15, 0.2) is 30.5 Å². The molecule has 0 bridgehead atoms. The first kappa shape index (κ1) is 15.2. The molecule has 0 amide bonds. The highest BCUT2D eigenvalue weighted by Crippen LogP contribution is 2.41. The molecular weight excluding hydrogens is 242 g/mol. The van der Waals surface area contributed by atoms with E-state index in [9.17, 15) is 0 Å². The molecule has 0 saturated carbocycles. The number of rotatable bonds is 2. The maximum atomic E-state index is 2.51. The minimum absolute atomic E-state index is 0.251. The number of benzene rings is 1. The van der Waals surface area contributed by atoms with Crippen molar-refractivity contribution in [2.45, 2.75) is 60.9 Å². The summed E-state index contributed by atoms with van der Waals surface area (Å²) in [4.78, 5) is 0. The maximum absolute atomic E-state index is 2.51. The minimum atomic E-state index is 0.251. The molecule has 2 aromatic rings. The first-order chi connectivity index (χ1) is 9.09. The van der Waals surface area contributed by atoms with Gasteiger partial charge < -0.3 is 4.57 Å².